The third kappa shape index (κ3) is 3.12. The maximum Gasteiger partial charge on any atom is 0.244 e. The first kappa shape index (κ1) is 16.0. The Bertz CT molecular complexity index is 634. The number of hydrogen-bond donors (Lipinski definition) is 1. The van der Waals surface area contributed by atoms with Crippen LogP contribution in [0.2, 0.25) is 5.02 Å². The lowest BCUT2D eigenvalue weighted by Gasteiger charge is -2.37. The van der Waals surface area contributed by atoms with Crippen LogP contribution in [0.25, 0.3) is 0 Å². The third-order valence-corrected chi connectivity index (χ3v) is 6.28. The van der Waals surface area contributed by atoms with Gasteiger partial charge in [0.15, 0.2) is 0 Å². The number of sulfonamides is 1. The largest absolute Gasteiger partial charge is 0.398 e. The first-order valence-corrected chi connectivity index (χ1v) is 8.63. The number of anilines is 1. The zero-order valence-electron chi connectivity index (χ0n) is 11.2. The number of rotatable bonds is 2. The number of morpholine rings is 1. The molecule has 1 fully saturated rings. The Morgan fingerprint density at radius 1 is 1.45 bits per heavy atom. The van der Waals surface area contributed by atoms with Gasteiger partial charge in [-0.3, -0.25) is 0 Å². The summed E-state index contributed by atoms with van der Waals surface area (Å²) in [6.07, 6.45) is 0. The molecule has 2 N–H and O–H groups in total. The van der Waals surface area contributed by atoms with Crippen LogP contribution in [0.5, 0.6) is 0 Å². The number of ether oxygens (including phenoxy) is 1. The van der Waals surface area contributed by atoms with Crippen LogP contribution in [0.1, 0.15) is 13.8 Å². The average Bonchev–Trinajstić information content (AvgIpc) is 2.32. The van der Waals surface area contributed by atoms with Crippen molar-refractivity contribution in [1.82, 2.24) is 4.31 Å². The van der Waals surface area contributed by atoms with Crippen molar-refractivity contribution in [3.05, 3.63) is 21.6 Å². The van der Waals surface area contributed by atoms with E-state index in [1.54, 1.807) is 0 Å². The SMILES string of the molecule is CC1(C)CN(S(=O)(=O)c2cc(Cl)cc(N)c2Br)CCO1. The predicted molar refractivity (Wildman–Crippen MR) is 82.4 cm³/mol. The molecular formula is C12H16BrClN2O3S. The van der Waals surface area contributed by atoms with Gasteiger partial charge in [0.05, 0.1) is 21.6 Å². The summed E-state index contributed by atoms with van der Waals surface area (Å²) < 4.78 is 32.7. The maximum atomic E-state index is 12.7. The lowest BCUT2D eigenvalue weighted by atomic mass is 10.1. The Kier molecular flexibility index (Phi) is 4.37. The number of hydrogen-bond acceptors (Lipinski definition) is 4. The Morgan fingerprint density at radius 2 is 2.10 bits per heavy atom. The van der Waals surface area contributed by atoms with Gasteiger partial charge < -0.3 is 10.5 Å². The number of nitrogen functional groups attached to an aromatic ring is 1. The van der Waals surface area contributed by atoms with E-state index in [0.717, 1.165) is 0 Å². The molecule has 8 heteroatoms. The Morgan fingerprint density at radius 3 is 2.70 bits per heavy atom. The lowest BCUT2D eigenvalue weighted by molar-refractivity contribution is -0.0640. The molecule has 1 aliphatic rings. The third-order valence-electron chi connectivity index (χ3n) is 3.04. The number of halogens is 2. The highest BCUT2D eigenvalue weighted by molar-refractivity contribution is 9.10. The van der Waals surface area contributed by atoms with Crippen molar-refractivity contribution >= 4 is 43.2 Å². The van der Waals surface area contributed by atoms with Crippen LogP contribution in [0.4, 0.5) is 5.69 Å². The standard InChI is InChI=1S/C12H16BrClN2O3S/c1-12(2)7-16(3-4-19-12)20(17,18)10-6-8(14)5-9(15)11(10)13/h5-6H,3-4,7,15H2,1-2H3. The van der Waals surface area contributed by atoms with Crippen LogP contribution < -0.4 is 5.73 Å². The summed E-state index contributed by atoms with van der Waals surface area (Å²) in [5, 5.41) is 0.289. The van der Waals surface area contributed by atoms with Crippen molar-refractivity contribution in [3.8, 4) is 0 Å². The maximum absolute atomic E-state index is 12.7. The monoisotopic (exact) mass is 382 g/mol. The van der Waals surface area contributed by atoms with Gasteiger partial charge in [-0.25, -0.2) is 8.42 Å². The first-order chi connectivity index (χ1) is 9.13. The molecular weight excluding hydrogens is 368 g/mol. The van der Waals surface area contributed by atoms with E-state index >= 15 is 0 Å². The lowest BCUT2D eigenvalue weighted by Crippen LogP contribution is -2.50. The van der Waals surface area contributed by atoms with Crippen LogP contribution in [0.3, 0.4) is 0 Å². The molecule has 112 valence electrons. The van der Waals surface area contributed by atoms with E-state index in [2.05, 4.69) is 15.9 Å². The fraction of sp³-hybridized carbons (Fsp3) is 0.500. The van der Waals surface area contributed by atoms with Gasteiger partial charge in [0, 0.05) is 23.8 Å². The van der Waals surface area contributed by atoms with Crippen LogP contribution in [0, 0.1) is 0 Å². The molecule has 0 aliphatic carbocycles. The van der Waals surface area contributed by atoms with E-state index in [0.29, 0.717) is 23.3 Å². The summed E-state index contributed by atoms with van der Waals surface area (Å²) in [4.78, 5) is 0.0835. The van der Waals surface area contributed by atoms with E-state index < -0.39 is 15.6 Å². The van der Waals surface area contributed by atoms with Crippen LogP contribution in [-0.4, -0.2) is 38.0 Å². The highest BCUT2D eigenvalue weighted by Crippen LogP contribution is 2.34. The quantitative estimate of drug-likeness (QED) is 0.796. The molecule has 1 aromatic carbocycles. The van der Waals surface area contributed by atoms with Crippen LogP contribution >= 0.6 is 27.5 Å². The molecule has 1 aliphatic heterocycles. The molecule has 0 bridgehead atoms. The van der Waals surface area contributed by atoms with Crippen molar-refractivity contribution < 1.29 is 13.2 Å². The highest BCUT2D eigenvalue weighted by atomic mass is 79.9. The predicted octanol–water partition coefficient (Wildman–Crippen LogP) is 2.48. The van der Waals surface area contributed by atoms with Crippen LogP contribution in [-0.2, 0) is 14.8 Å². The van der Waals surface area contributed by atoms with E-state index in [1.165, 1.54) is 16.4 Å². The molecule has 0 aromatic heterocycles. The van der Waals surface area contributed by atoms with Crippen molar-refractivity contribution in [2.75, 3.05) is 25.4 Å². The Balaban J connectivity index is 2.46. The molecule has 0 radical (unpaired) electrons. The minimum atomic E-state index is -3.67. The second-order valence-corrected chi connectivity index (χ2v) is 8.39. The molecule has 20 heavy (non-hydrogen) atoms. The number of nitrogens with zero attached hydrogens (tertiary/aromatic N) is 1. The van der Waals surface area contributed by atoms with Gasteiger partial charge in [0.2, 0.25) is 10.0 Å². The van der Waals surface area contributed by atoms with Gasteiger partial charge in [0.25, 0.3) is 0 Å². The van der Waals surface area contributed by atoms with Crippen LogP contribution in [0.15, 0.2) is 21.5 Å². The molecule has 0 atom stereocenters. The van der Waals surface area contributed by atoms with Crippen molar-refractivity contribution in [2.45, 2.75) is 24.3 Å². The first-order valence-electron chi connectivity index (χ1n) is 6.02. The van der Waals surface area contributed by atoms with Gasteiger partial charge >= 0.3 is 0 Å². The molecule has 0 spiro atoms. The summed E-state index contributed by atoms with van der Waals surface area (Å²) in [5.41, 5.74) is 5.55. The molecule has 0 unspecified atom stereocenters. The van der Waals surface area contributed by atoms with Gasteiger partial charge in [-0.2, -0.15) is 4.31 Å². The van der Waals surface area contributed by atoms with E-state index in [-0.39, 0.29) is 16.5 Å². The second kappa shape index (κ2) is 5.46. The van der Waals surface area contributed by atoms with Gasteiger partial charge in [-0.05, 0) is 41.9 Å². The van der Waals surface area contributed by atoms with Crippen molar-refractivity contribution in [3.63, 3.8) is 0 Å². The van der Waals surface area contributed by atoms with Crippen molar-refractivity contribution in [1.29, 1.82) is 0 Å². The fourth-order valence-electron chi connectivity index (χ4n) is 2.09. The Hall–Kier alpha value is -0.340. The molecule has 0 saturated carbocycles. The topological polar surface area (TPSA) is 72.6 Å². The summed E-state index contributed by atoms with van der Waals surface area (Å²) in [5.74, 6) is 0. The summed E-state index contributed by atoms with van der Waals surface area (Å²) in [7, 11) is -3.67. The molecule has 5 nitrogen and oxygen atoms in total. The van der Waals surface area contributed by atoms with E-state index in [9.17, 15) is 8.42 Å². The minimum absolute atomic E-state index is 0.0835. The molecule has 1 heterocycles. The van der Waals surface area contributed by atoms with Crippen molar-refractivity contribution in [2.24, 2.45) is 0 Å². The summed E-state index contributed by atoms with van der Waals surface area (Å²) in [6, 6.07) is 2.91. The summed E-state index contributed by atoms with van der Waals surface area (Å²) >= 11 is 9.14. The highest BCUT2D eigenvalue weighted by Gasteiger charge is 2.36. The molecule has 1 saturated heterocycles. The summed E-state index contributed by atoms with van der Waals surface area (Å²) in [6.45, 7) is 4.67. The Labute approximate surface area is 132 Å². The average molecular weight is 384 g/mol. The molecule has 0 amide bonds. The van der Waals surface area contributed by atoms with E-state index in [1.807, 2.05) is 13.8 Å². The van der Waals surface area contributed by atoms with Gasteiger partial charge in [0.1, 0.15) is 0 Å². The fourth-order valence-corrected chi connectivity index (χ4v) is 4.92. The number of nitrogens with two attached hydrogens (primary N) is 1. The van der Waals surface area contributed by atoms with Gasteiger partial charge in [-0.15, -0.1) is 0 Å². The second-order valence-electron chi connectivity index (χ2n) is 5.25. The van der Waals surface area contributed by atoms with Gasteiger partial charge in [-0.1, -0.05) is 11.6 Å². The molecule has 1 aromatic rings. The zero-order valence-corrected chi connectivity index (χ0v) is 14.3. The zero-order chi connectivity index (χ0) is 15.1. The van der Waals surface area contributed by atoms with E-state index in [4.69, 9.17) is 22.1 Å². The number of benzene rings is 1. The smallest absolute Gasteiger partial charge is 0.244 e. The minimum Gasteiger partial charge on any atom is -0.398 e. The molecule has 2 rings (SSSR count). The normalized spacial score (nSPS) is 20.0.